The number of nitrogens with two attached hydrogens (primary N) is 1. The van der Waals surface area contributed by atoms with Crippen molar-refractivity contribution in [2.75, 3.05) is 5.73 Å². The number of hydrogen-bond acceptors (Lipinski definition) is 2. The highest BCUT2D eigenvalue weighted by Crippen LogP contribution is 2.23. The average Bonchev–Trinajstić information content (AvgIpc) is 2.29. The molecule has 0 radical (unpaired) electrons. The molecule has 0 spiro atoms. The predicted molar refractivity (Wildman–Crippen MR) is 74.3 cm³/mol. The van der Waals surface area contributed by atoms with E-state index in [0.717, 1.165) is 5.56 Å². The van der Waals surface area contributed by atoms with Crippen LogP contribution in [0.1, 0.15) is 5.56 Å². The van der Waals surface area contributed by atoms with Crippen molar-refractivity contribution in [2.45, 2.75) is 6.61 Å². The van der Waals surface area contributed by atoms with Gasteiger partial charge in [0.25, 0.3) is 0 Å². The van der Waals surface area contributed by atoms with Crippen molar-refractivity contribution in [1.29, 1.82) is 0 Å². The molecule has 2 nitrogen and oxygen atoms in total. The number of benzene rings is 2. The van der Waals surface area contributed by atoms with Crippen molar-refractivity contribution in [1.82, 2.24) is 0 Å². The van der Waals surface area contributed by atoms with Crippen molar-refractivity contribution in [2.24, 2.45) is 0 Å². The first kappa shape index (κ1) is 13.2. The van der Waals surface area contributed by atoms with Crippen LogP contribution < -0.4 is 10.5 Å². The van der Waals surface area contributed by atoms with E-state index in [9.17, 15) is 4.39 Å². The molecule has 2 N–H and O–H groups in total. The molecule has 94 valence electrons. The molecule has 0 saturated carbocycles. The van der Waals surface area contributed by atoms with Gasteiger partial charge in [-0.05, 0) is 30.3 Å². The molecule has 2 aromatic rings. The van der Waals surface area contributed by atoms with Gasteiger partial charge in [0.2, 0.25) is 0 Å². The molecular formula is C13H10BrClFNO. The molecule has 0 aromatic heterocycles. The van der Waals surface area contributed by atoms with E-state index in [1.54, 1.807) is 24.3 Å². The zero-order valence-electron chi connectivity index (χ0n) is 9.29. The normalized spacial score (nSPS) is 10.4. The molecule has 0 aliphatic rings. The zero-order valence-corrected chi connectivity index (χ0v) is 11.6. The summed E-state index contributed by atoms with van der Waals surface area (Å²) in [4.78, 5) is 0. The number of rotatable bonds is 3. The molecule has 0 unspecified atom stereocenters. The van der Waals surface area contributed by atoms with Gasteiger partial charge in [-0.15, -0.1) is 0 Å². The molecule has 0 saturated heterocycles. The second kappa shape index (κ2) is 5.59. The van der Waals surface area contributed by atoms with E-state index in [-0.39, 0.29) is 12.4 Å². The zero-order chi connectivity index (χ0) is 13.1. The lowest BCUT2D eigenvalue weighted by Crippen LogP contribution is -2.00. The second-order valence-electron chi connectivity index (χ2n) is 3.74. The lowest BCUT2D eigenvalue weighted by Gasteiger charge is -2.09. The molecular weight excluding hydrogens is 321 g/mol. The largest absolute Gasteiger partial charge is 0.489 e. The number of anilines is 1. The number of ether oxygens (including phenoxy) is 1. The van der Waals surface area contributed by atoms with Gasteiger partial charge in [-0.1, -0.05) is 27.5 Å². The molecule has 0 aliphatic heterocycles. The van der Waals surface area contributed by atoms with Gasteiger partial charge in [0.15, 0.2) is 0 Å². The van der Waals surface area contributed by atoms with Crippen LogP contribution in [0.25, 0.3) is 0 Å². The maximum absolute atomic E-state index is 13.1. The maximum Gasteiger partial charge on any atom is 0.128 e. The van der Waals surface area contributed by atoms with Crippen LogP contribution in [0.4, 0.5) is 10.1 Å². The molecule has 0 atom stereocenters. The summed E-state index contributed by atoms with van der Waals surface area (Å²) in [6.07, 6.45) is 0. The molecule has 2 aromatic carbocycles. The summed E-state index contributed by atoms with van der Waals surface area (Å²) in [5.41, 5.74) is 7.15. The SMILES string of the molecule is Nc1ccc(Cl)cc1COc1cc(F)cc(Br)c1. The van der Waals surface area contributed by atoms with E-state index in [1.807, 2.05) is 0 Å². The summed E-state index contributed by atoms with van der Waals surface area (Å²) in [7, 11) is 0. The number of nitrogen functional groups attached to an aromatic ring is 1. The molecule has 0 heterocycles. The van der Waals surface area contributed by atoms with Crippen molar-refractivity contribution in [3.63, 3.8) is 0 Å². The second-order valence-corrected chi connectivity index (χ2v) is 5.09. The van der Waals surface area contributed by atoms with E-state index in [2.05, 4.69) is 15.9 Å². The van der Waals surface area contributed by atoms with Crippen molar-refractivity contribution in [3.8, 4) is 5.75 Å². The lowest BCUT2D eigenvalue weighted by atomic mass is 10.2. The highest BCUT2D eigenvalue weighted by atomic mass is 79.9. The Labute approximate surface area is 118 Å². The van der Waals surface area contributed by atoms with E-state index < -0.39 is 0 Å². The van der Waals surface area contributed by atoms with Crippen molar-refractivity contribution < 1.29 is 9.13 Å². The summed E-state index contributed by atoms with van der Waals surface area (Å²) in [6.45, 7) is 0.238. The Morgan fingerprint density at radius 3 is 2.72 bits per heavy atom. The third-order valence-electron chi connectivity index (χ3n) is 2.34. The van der Waals surface area contributed by atoms with Gasteiger partial charge in [-0.2, -0.15) is 0 Å². The van der Waals surface area contributed by atoms with Crippen LogP contribution in [0.2, 0.25) is 5.02 Å². The minimum atomic E-state index is -0.363. The van der Waals surface area contributed by atoms with Crippen LogP contribution >= 0.6 is 27.5 Å². The Morgan fingerprint density at radius 2 is 2.00 bits per heavy atom. The molecule has 2 rings (SSSR count). The summed E-state index contributed by atoms with van der Waals surface area (Å²) in [5.74, 6) is 0.0692. The fourth-order valence-electron chi connectivity index (χ4n) is 1.47. The van der Waals surface area contributed by atoms with E-state index >= 15 is 0 Å². The monoisotopic (exact) mass is 329 g/mol. The van der Waals surface area contributed by atoms with Gasteiger partial charge >= 0.3 is 0 Å². The highest BCUT2D eigenvalue weighted by molar-refractivity contribution is 9.10. The van der Waals surface area contributed by atoms with Crippen molar-refractivity contribution >= 4 is 33.2 Å². The van der Waals surface area contributed by atoms with Crippen LogP contribution in [0.3, 0.4) is 0 Å². The maximum atomic E-state index is 13.1. The van der Waals surface area contributed by atoms with E-state index in [0.29, 0.717) is 20.9 Å². The Kier molecular flexibility index (Phi) is 4.09. The Bertz CT molecular complexity index is 557. The van der Waals surface area contributed by atoms with E-state index in [4.69, 9.17) is 22.1 Å². The summed E-state index contributed by atoms with van der Waals surface area (Å²) in [6, 6.07) is 9.50. The number of hydrogen-bond donors (Lipinski definition) is 1. The fraction of sp³-hybridized carbons (Fsp3) is 0.0769. The molecule has 0 amide bonds. The fourth-order valence-corrected chi connectivity index (χ4v) is 2.11. The minimum absolute atomic E-state index is 0.238. The summed E-state index contributed by atoms with van der Waals surface area (Å²) < 4.78 is 19.2. The molecule has 0 fully saturated rings. The summed E-state index contributed by atoms with van der Waals surface area (Å²) >= 11 is 9.07. The van der Waals surface area contributed by atoms with E-state index in [1.165, 1.54) is 12.1 Å². The average molecular weight is 331 g/mol. The van der Waals surface area contributed by atoms with Gasteiger partial charge in [-0.25, -0.2) is 4.39 Å². The summed E-state index contributed by atoms with van der Waals surface area (Å²) in [5, 5.41) is 0.586. The topological polar surface area (TPSA) is 35.2 Å². The van der Waals surface area contributed by atoms with Crippen LogP contribution in [0, 0.1) is 5.82 Å². The molecule has 0 bridgehead atoms. The molecule has 5 heteroatoms. The standard InChI is InChI=1S/C13H10BrClFNO/c14-9-4-11(16)6-12(5-9)18-7-8-3-10(15)1-2-13(8)17/h1-6H,7,17H2. The Morgan fingerprint density at radius 1 is 1.22 bits per heavy atom. The van der Waals surface area contributed by atoms with Gasteiger partial charge < -0.3 is 10.5 Å². The van der Waals surface area contributed by atoms with Gasteiger partial charge in [0, 0.05) is 26.8 Å². The van der Waals surface area contributed by atoms with Gasteiger partial charge in [-0.3, -0.25) is 0 Å². The Balaban J connectivity index is 2.13. The van der Waals surface area contributed by atoms with Gasteiger partial charge in [0.1, 0.15) is 18.2 Å². The van der Waals surface area contributed by atoms with Crippen LogP contribution in [-0.2, 0) is 6.61 Å². The first-order valence-corrected chi connectivity index (χ1v) is 6.34. The first-order valence-electron chi connectivity index (χ1n) is 5.17. The molecule has 0 aliphatic carbocycles. The quantitative estimate of drug-likeness (QED) is 0.846. The third kappa shape index (κ3) is 3.37. The lowest BCUT2D eigenvalue weighted by molar-refractivity contribution is 0.305. The first-order chi connectivity index (χ1) is 8.54. The minimum Gasteiger partial charge on any atom is -0.489 e. The van der Waals surface area contributed by atoms with Crippen LogP contribution in [0.5, 0.6) is 5.75 Å². The smallest absolute Gasteiger partial charge is 0.128 e. The highest BCUT2D eigenvalue weighted by Gasteiger charge is 2.04. The Hall–Kier alpha value is -1.26. The van der Waals surface area contributed by atoms with Crippen LogP contribution in [-0.4, -0.2) is 0 Å². The number of halogens is 3. The van der Waals surface area contributed by atoms with Gasteiger partial charge in [0.05, 0.1) is 0 Å². The predicted octanol–water partition coefficient (Wildman–Crippen LogP) is 4.40. The molecule has 18 heavy (non-hydrogen) atoms. The van der Waals surface area contributed by atoms with Crippen molar-refractivity contribution in [3.05, 3.63) is 57.3 Å². The van der Waals surface area contributed by atoms with Crippen LogP contribution in [0.15, 0.2) is 40.9 Å². The third-order valence-corrected chi connectivity index (χ3v) is 3.03.